The van der Waals surface area contributed by atoms with E-state index in [1.165, 1.54) is 23.1 Å². The lowest BCUT2D eigenvalue weighted by molar-refractivity contribution is -0.274. The van der Waals surface area contributed by atoms with E-state index in [0.717, 1.165) is 12.1 Å². The average molecular weight is 496 g/mol. The first-order valence-electron chi connectivity index (χ1n) is 11.4. The number of urea groups is 1. The first-order valence-corrected chi connectivity index (χ1v) is 11.4. The van der Waals surface area contributed by atoms with Crippen molar-refractivity contribution < 1.29 is 36.4 Å². The van der Waals surface area contributed by atoms with Gasteiger partial charge in [-0.1, -0.05) is 26.0 Å². The second-order valence-corrected chi connectivity index (χ2v) is 8.96. The second kappa shape index (κ2) is 9.70. The summed E-state index contributed by atoms with van der Waals surface area (Å²) in [6.45, 7) is 11.7. The molecule has 0 unspecified atom stereocenters. The van der Waals surface area contributed by atoms with Gasteiger partial charge >= 0.3 is 19.5 Å². The lowest BCUT2D eigenvalue weighted by Gasteiger charge is -2.32. The molecular weight excluding hydrogens is 467 g/mol. The molecule has 6 nitrogen and oxygen atoms in total. The van der Waals surface area contributed by atoms with Crippen molar-refractivity contribution in [3.63, 3.8) is 0 Å². The van der Waals surface area contributed by atoms with Gasteiger partial charge in [-0.05, 0) is 52.3 Å². The summed E-state index contributed by atoms with van der Waals surface area (Å²) in [7, 11) is -0.875. The van der Waals surface area contributed by atoms with Crippen molar-refractivity contribution in [2.75, 3.05) is 16.8 Å². The number of rotatable bonds is 3. The highest BCUT2D eigenvalue weighted by atomic mass is 19.4. The summed E-state index contributed by atoms with van der Waals surface area (Å²) in [5, 5.41) is 2.53. The van der Waals surface area contributed by atoms with Crippen LogP contribution in [0.4, 0.5) is 33.7 Å². The lowest BCUT2D eigenvalue weighted by Crippen LogP contribution is -2.41. The number of ether oxygens (including phenoxy) is 1. The van der Waals surface area contributed by atoms with Crippen molar-refractivity contribution in [2.24, 2.45) is 0 Å². The van der Waals surface area contributed by atoms with Gasteiger partial charge in [0.25, 0.3) is 0 Å². The van der Waals surface area contributed by atoms with Crippen LogP contribution >= 0.6 is 0 Å². The molecule has 0 aliphatic carbocycles. The van der Waals surface area contributed by atoms with Crippen LogP contribution in [0.25, 0.3) is 0 Å². The van der Waals surface area contributed by atoms with Gasteiger partial charge in [-0.3, -0.25) is 4.90 Å². The number of fused-ring (bicyclic) bond motifs is 1. The number of carbonyl (C=O) groups is 1. The zero-order chi connectivity index (χ0) is 26.2. The molecule has 2 aliphatic heterocycles. The van der Waals surface area contributed by atoms with Gasteiger partial charge in [-0.15, -0.1) is 13.2 Å². The van der Waals surface area contributed by atoms with Gasteiger partial charge in [-0.25, -0.2) is 9.18 Å². The van der Waals surface area contributed by atoms with E-state index in [2.05, 4.69) is 10.1 Å². The van der Waals surface area contributed by atoms with Crippen molar-refractivity contribution in [3.8, 4) is 5.75 Å². The largest absolute Gasteiger partial charge is 0.573 e. The Morgan fingerprint density at radius 3 is 2.31 bits per heavy atom. The summed E-state index contributed by atoms with van der Waals surface area (Å²) in [6, 6.07) is 7.49. The third-order valence-electron chi connectivity index (χ3n) is 6.20. The summed E-state index contributed by atoms with van der Waals surface area (Å²) in [5.41, 5.74) is -0.144. The monoisotopic (exact) mass is 496 g/mol. The van der Waals surface area contributed by atoms with E-state index >= 15 is 4.39 Å². The van der Waals surface area contributed by atoms with Crippen molar-refractivity contribution in [1.29, 1.82) is 0 Å². The number of hydrogen-bond donors (Lipinski definition) is 1. The number of carbonyl (C=O) groups excluding carboxylic acids is 1. The summed E-state index contributed by atoms with van der Waals surface area (Å²) in [4.78, 5) is 14.1. The molecule has 1 N–H and O–H groups in total. The molecule has 1 fully saturated rings. The number of hydrogen-bond acceptors (Lipinski definition) is 4. The summed E-state index contributed by atoms with van der Waals surface area (Å²) in [5.74, 6) is -0.956. The molecule has 2 aromatic rings. The second-order valence-electron chi connectivity index (χ2n) is 8.96. The minimum absolute atomic E-state index is 0.115. The third-order valence-corrected chi connectivity index (χ3v) is 6.20. The van der Waals surface area contributed by atoms with Crippen LogP contribution in [0.15, 0.2) is 36.4 Å². The number of nitrogens with zero attached hydrogens (tertiary/aromatic N) is 1. The van der Waals surface area contributed by atoms with Crippen LogP contribution in [0.1, 0.15) is 47.1 Å². The first kappa shape index (κ1) is 26.8. The van der Waals surface area contributed by atoms with E-state index in [-0.39, 0.29) is 24.1 Å². The van der Waals surface area contributed by atoms with Crippen LogP contribution < -0.4 is 20.4 Å². The molecule has 0 spiro atoms. The fourth-order valence-electron chi connectivity index (χ4n) is 3.79. The molecule has 2 aromatic carbocycles. The Morgan fingerprint density at radius 2 is 1.71 bits per heavy atom. The van der Waals surface area contributed by atoms with Gasteiger partial charge in [0.2, 0.25) is 0 Å². The van der Waals surface area contributed by atoms with Crippen molar-refractivity contribution in [3.05, 3.63) is 47.8 Å². The standard InChI is InChI=1S/C22H23BF4N2O4.C2H6/c1-20(2)21(3,4)33-23(32-20)16-8-9-17-15(18(16)24)10-11-29(17)19(30)28-13-6-5-7-14(12-13)31-22(25,26)27;1-2/h5-9,12H,10-11H2,1-4H3,(H,28,30);1-2H3. The van der Waals surface area contributed by atoms with Crippen LogP contribution in [-0.2, 0) is 15.7 Å². The molecule has 190 valence electrons. The highest BCUT2D eigenvalue weighted by molar-refractivity contribution is 6.62. The first-order chi connectivity index (χ1) is 16.3. The number of amides is 2. The quantitative estimate of drug-likeness (QED) is 0.441. The van der Waals surface area contributed by atoms with Gasteiger partial charge in [0.05, 0.1) is 16.9 Å². The van der Waals surface area contributed by atoms with Gasteiger partial charge < -0.3 is 19.4 Å². The van der Waals surface area contributed by atoms with Gasteiger partial charge in [0.1, 0.15) is 11.6 Å². The molecule has 1 saturated heterocycles. The molecule has 0 saturated carbocycles. The van der Waals surface area contributed by atoms with Crippen molar-refractivity contribution in [1.82, 2.24) is 0 Å². The maximum atomic E-state index is 15.4. The molecule has 0 aromatic heterocycles. The molecule has 35 heavy (non-hydrogen) atoms. The van der Waals surface area contributed by atoms with Crippen molar-refractivity contribution in [2.45, 2.75) is 65.5 Å². The topological polar surface area (TPSA) is 60.0 Å². The van der Waals surface area contributed by atoms with Crippen LogP contribution in [0.2, 0.25) is 0 Å². The van der Waals surface area contributed by atoms with Crippen molar-refractivity contribution >= 4 is 30.0 Å². The Hall–Kier alpha value is -2.79. The highest BCUT2D eigenvalue weighted by Gasteiger charge is 2.52. The number of benzene rings is 2. The number of nitrogens with one attached hydrogen (secondary N) is 1. The van der Waals surface area contributed by atoms with Gasteiger partial charge in [-0.2, -0.15) is 0 Å². The predicted molar refractivity (Wildman–Crippen MR) is 127 cm³/mol. The Kier molecular flexibility index (Phi) is 7.43. The van der Waals surface area contributed by atoms with Crippen LogP contribution in [-0.4, -0.2) is 37.3 Å². The van der Waals surface area contributed by atoms with Gasteiger partial charge in [0, 0.05) is 29.3 Å². The zero-order valence-electron chi connectivity index (χ0n) is 20.5. The third kappa shape index (κ3) is 5.56. The molecular formula is C24H29BF4N2O4. The molecule has 0 atom stereocenters. The smallest absolute Gasteiger partial charge is 0.406 e. The maximum absolute atomic E-state index is 15.4. The van der Waals surface area contributed by atoms with E-state index in [0.29, 0.717) is 11.3 Å². The maximum Gasteiger partial charge on any atom is 0.573 e. The van der Waals surface area contributed by atoms with E-state index in [4.69, 9.17) is 9.31 Å². The van der Waals surface area contributed by atoms with E-state index in [9.17, 15) is 18.0 Å². The molecule has 11 heteroatoms. The number of anilines is 2. The molecule has 0 radical (unpaired) electrons. The minimum Gasteiger partial charge on any atom is -0.406 e. The van der Waals surface area contributed by atoms with E-state index in [1.807, 2.05) is 41.5 Å². The fourth-order valence-corrected chi connectivity index (χ4v) is 3.79. The fraction of sp³-hybridized carbons (Fsp3) is 0.458. The molecule has 4 rings (SSSR count). The molecule has 0 bridgehead atoms. The van der Waals surface area contributed by atoms with Crippen LogP contribution in [0.3, 0.4) is 0 Å². The zero-order valence-corrected chi connectivity index (χ0v) is 20.5. The molecule has 2 amide bonds. The predicted octanol–water partition coefficient (Wildman–Crippen LogP) is 5.64. The number of alkyl halides is 3. The molecule has 2 heterocycles. The summed E-state index contributed by atoms with van der Waals surface area (Å²) >= 11 is 0. The Morgan fingerprint density at radius 1 is 1.09 bits per heavy atom. The Bertz CT molecular complexity index is 1080. The van der Waals surface area contributed by atoms with Gasteiger partial charge in [0.15, 0.2) is 0 Å². The van der Waals surface area contributed by atoms with E-state index in [1.54, 1.807) is 6.07 Å². The highest BCUT2D eigenvalue weighted by Crippen LogP contribution is 2.38. The number of halogens is 4. The Labute approximate surface area is 202 Å². The van der Waals surface area contributed by atoms with E-state index < -0.39 is 42.3 Å². The summed E-state index contributed by atoms with van der Waals surface area (Å²) in [6.07, 6.45) is -4.57. The van der Waals surface area contributed by atoms with Crippen LogP contribution in [0, 0.1) is 5.82 Å². The molecule has 2 aliphatic rings. The minimum atomic E-state index is -4.84. The SMILES string of the molecule is CC.CC1(C)OB(c2ccc3c(c2F)CCN3C(=O)Nc2cccc(OC(F)(F)F)c2)OC1(C)C. The lowest BCUT2D eigenvalue weighted by atomic mass is 9.77. The normalized spacial score (nSPS) is 18.0. The van der Waals surface area contributed by atoms with Crippen LogP contribution in [0.5, 0.6) is 5.75 Å². The Balaban J connectivity index is 0.00000167. The summed E-state index contributed by atoms with van der Waals surface area (Å²) < 4.78 is 68.5. The average Bonchev–Trinajstić information content (AvgIpc) is 3.27.